The Morgan fingerprint density at radius 1 is 1.00 bits per heavy atom. The number of esters is 1. The molecule has 3 rings (SSSR count). The molecule has 0 unspecified atom stereocenters. The summed E-state index contributed by atoms with van der Waals surface area (Å²) in [6, 6.07) is 21.8. The molecule has 0 radical (unpaired) electrons. The Kier molecular flexibility index (Phi) is 9.69. The van der Waals surface area contributed by atoms with Crippen LogP contribution in [0.2, 0.25) is 0 Å². The molecule has 3 aromatic rings. The molecule has 0 amide bonds. The zero-order valence-corrected chi connectivity index (χ0v) is 20.7. The first-order valence-electron chi connectivity index (χ1n) is 11.6. The van der Waals surface area contributed by atoms with E-state index in [0.717, 1.165) is 28.7 Å². The summed E-state index contributed by atoms with van der Waals surface area (Å²) in [5.41, 5.74) is 5.04. The molecular weight excluding hydrogens is 438 g/mol. The number of allylic oxidation sites excluding steroid dienone is 1. The van der Waals surface area contributed by atoms with Gasteiger partial charge in [0.2, 0.25) is 0 Å². The van der Waals surface area contributed by atoms with E-state index >= 15 is 0 Å². The SMILES string of the molecule is C=C(C)CCc1c(OC)cc(/C=C/c2ccccc2)c(C(=O)OC)c1OCNCc1ccccc1. The quantitative estimate of drug-likeness (QED) is 0.111. The second-order valence-electron chi connectivity index (χ2n) is 8.24. The van der Waals surface area contributed by atoms with Crippen LogP contribution < -0.4 is 14.8 Å². The Morgan fingerprint density at radius 3 is 2.31 bits per heavy atom. The van der Waals surface area contributed by atoms with Gasteiger partial charge in [-0.2, -0.15) is 0 Å². The first-order valence-corrected chi connectivity index (χ1v) is 11.6. The molecule has 35 heavy (non-hydrogen) atoms. The van der Waals surface area contributed by atoms with Crippen molar-refractivity contribution < 1.29 is 19.0 Å². The van der Waals surface area contributed by atoms with Crippen molar-refractivity contribution >= 4 is 18.1 Å². The minimum atomic E-state index is -0.463. The van der Waals surface area contributed by atoms with Crippen molar-refractivity contribution in [1.29, 1.82) is 0 Å². The highest BCUT2D eigenvalue weighted by atomic mass is 16.5. The monoisotopic (exact) mass is 471 g/mol. The van der Waals surface area contributed by atoms with Crippen molar-refractivity contribution in [2.24, 2.45) is 0 Å². The third-order valence-electron chi connectivity index (χ3n) is 5.53. The standard InChI is InChI=1S/C30H33NO4/c1-22(2)15-18-26-27(33-3)19-25(17-16-23-11-7-5-8-12-23)28(30(32)34-4)29(26)35-21-31-20-24-13-9-6-10-14-24/h5-14,16-17,19,31H,1,15,18,20-21H2,2-4H3/b17-16+. The van der Waals surface area contributed by atoms with Gasteiger partial charge in [0.25, 0.3) is 0 Å². The van der Waals surface area contributed by atoms with E-state index in [-0.39, 0.29) is 6.73 Å². The molecule has 0 saturated heterocycles. The Morgan fingerprint density at radius 2 is 1.69 bits per heavy atom. The third-order valence-corrected chi connectivity index (χ3v) is 5.53. The van der Waals surface area contributed by atoms with E-state index in [1.54, 1.807) is 7.11 Å². The molecule has 0 heterocycles. The van der Waals surface area contributed by atoms with E-state index in [4.69, 9.17) is 14.2 Å². The normalized spacial score (nSPS) is 10.8. The highest BCUT2D eigenvalue weighted by molar-refractivity contribution is 5.99. The van der Waals surface area contributed by atoms with Crippen molar-refractivity contribution in [3.8, 4) is 11.5 Å². The van der Waals surface area contributed by atoms with E-state index in [2.05, 4.69) is 11.9 Å². The van der Waals surface area contributed by atoms with Gasteiger partial charge in [0, 0.05) is 12.1 Å². The lowest BCUT2D eigenvalue weighted by atomic mass is 9.96. The smallest absolute Gasteiger partial charge is 0.342 e. The average Bonchev–Trinajstić information content (AvgIpc) is 2.89. The summed E-state index contributed by atoms with van der Waals surface area (Å²) in [5, 5.41) is 3.29. The lowest BCUT2D eigenvalue weighted by Gasteiger charge is -2.20. The summed E-state index contributed by atoms with van der Waals surface area (Å²) >= 11 is 0. The van der Waals surface area contributed by atoms with Gasteiger partial charge in [-0.25, -0.2) is 4.79 Å². The Labute approximate surface area is 208 Å². The summed E-state index contributed by atoms with van der Waals surface area (Å²) in [6.45, 7) is 6.86. The molecule has 182 valence electrons. The fraction of sp³-hybridized carbons (Fsp3) is 0.233. The number of nitrogens with one attached hydrogen (secondary N) is 1. The van der Waals surface area contributed by atoms with Crippen LogP contribution in [-0.2, 0) is 17.7 Å². The number of ether oxygens (including phenoxy) is 3. The molecule has 0 fully saturated rings. The largest absolute Gasteiger partial charge is 0.496 e. The summed E-state index contributed by atoms with van der Waals surface area (Å²) in [6.07, 6.45) is 5.20. The molecule has 0 aromatic heterocycles. The number of hydrogen-bond acceptors (Lipinski definition) is 5. The molecule has 0 aliphatic carbocycles. The highest BCUT2D eigenvalue weighted by Gasteiger charge is 2.25. The van der Waals surface area contributed by atoms with Gasteiger partial charge in [-0.05, 0) is 42.5 Å². The van der Waals surface area contributed by atoms with E-state index < -0.39 is 5.97 Å². The van der Waals surface area contributed by atoms with Crippen molar-refractivity contribution in [2.75, 3.05) is 21.0 Å². The minimum Gasteiger partial charge on any atom is -0.496 e. The van der Waals surface area contributed by atoms with Crippen LogP contribution in [0, 0.1) is 0 Å². The molecular formula is C30H33NO4. The maximum Gasteiger partial charge on any atom is 0.342 e. The van der Waals surface area contributed by atoms with Crippen LogP contribution in [0.1, 0.15) is 46.0 Å². The molecule has 5 nitrogen and oxygen atoms in total. The number of carbonyl (C=O) groups excluding carboxylic acids is 1. The van der Waals surface area contributed by atoms with Crippen LogP contribution in [0.3, 0.4) is 0 Å². The molecule has 0 bridgehead atoms. The van der Waals surface area contributed by atoms with Gasteiger partial charge in [-0.3, -0.25) is 5.32 Å². The van der Waals surface area contributed by atoms with Gasteiger partial charge >= 0.3 is 5.97 Å². The number of carbonyl (C=O) groups is 1. The first-order chi connectivity index (χ1) is 17.0. The van der Waals surface area contributed by atoms with Crippen molar-refractivity contribution in [2.45, 2.75) is 26.3 Å². The summed E-state index contributed by atoms with van der Waals surface area (Å²) in [5.74, 6) is 0.658. The molecule has 0 spiro atoms. The van der Waals surface area contributed by atoms with E-state index in [9.17, 15) is 4.79 Å². The molecule has 0 aliphatic heterocycles. The topological polar surface area (TPSA) is 56.8 Å². The summed E-state index contributed by atoms with van der Waals surface area (Å²) in [7, 11) is 3.00. The maximum atomic E-state index is 13.0. The number of methoxy groups -OCH3 is 2. The second kappa shape index (κ2) is 13.2. The van der Waals surface area contributed by atoms with Gasteiger partial charge in [-0.15, -0.1) is 6.58 Å². The number of rotatable bonds is 12. The van der Waals surface area contributed by atoms with Crippen LogP contribution in [0.4, 0.5) is 0 Å². The predicted molar refractivity (Wildman–Crippen MR) is 142 cm³/mol. The van der Waals surface area contributed by atoms with E-state index in [1.165, 1.54) is 7.11 Å². The van der Waals surface area contributed by atoms with Gasteiger partial charge in [0.1, 0.15) is 23.8 Å². The fourth-order valence-corrected chi connectivity index (χ4v) is 3.72. The molecule has 3 aromatic carbocycles. The Hall–Kier alpha value is -3.83. The predicted octanol–water partition coefficient (Wildman–Crippen LogP) is 6.29. The van der Waals surface area contributed by atoms with Gasteiger partial charge in [0.15, 0.2) is 0 Å². The van der Waals surface area contributed by atoms with Crippen LogP contribution in [0.25, 0.3) is 12.2 Å². The maximum absolute atomic E-state index is 13.0. The van der Waals surface area contributed by atoms with Gasteiger partial charge in [0.05, 0.1) is 14.2 Å². The van der Waals surface area contributed by atoms with Crippen molar-refractivity contribution in [3.05, 3.63) is 107 Å². The van der Waals surface area contributed by atoms with Crippen LogP contribution in [-0.4, -0.2) is 26.9 Å². The fourth-order valence-electron chi connectivity index (χ4n) is 3.72. The lowest BCUT2D eigenvalue weighted by molar-refractivity contribution is 0.0595. The van der Waals surface area contributed by atoms with Gasteiger partial charge in [-0.1, -0.05) is 78.4 Å². The van der Waals surface area contributed by atoms with Crippen LogP contribution in [0.15, 0.2) is 78.9 Å². The first kappa shape index (κ1) is 25.8. The summed E-state index contributed by atoms with van der Waals surface area (Å²) in [4.78, 5) is 13.0. The van der Waals surface area contributed by atoms with Crippen LogP contribution in [0.5, 0.6) is 11.5 Å². The molecule has 5 heteroatoms. The number of benzene rings is 3. The average molecular weight is 472 g/mol. The van der Waals surface area contributed by atoms with Crippen molar-refractivity contribution in [1.82, 2.24) is 5.32 Å². The zero-order chi connectivity index (χ0) is 25.0. The second-order valence-corrected chi connectivity index (χ2v) is 8.24. The van der Waals surface area contributed by atoms with Crippen molar-refractivity contribution in [3.63, 3.8) is 0 Å². The summed E-state index contributed by atoms with van der Waals surface area (Å²) < 4.78 is 17.1. The van der Waals surface area contributed by atoms with Crippen LogP contribution >= 0.6 is 0 Å². The van der Waals surface area contributed by atoms with E-state index in [0.29, 0.717) is 35.6 Å². The highest BCUT2D eigenvalue weighted by Crippen LogP contribution is 2.38. The molecule has 1 N–H and O–H groups in total. The van der Waals surface area contributed by atoms with Gasteiger partial charge < -0.3 is 14.2 Å². The molecule has 0 aliphatic rings. The Balaban J connectivity index is 2.00. The molecule has 0 saturated carbocycles. The zero-order valence-electron chi connectivity index (χ0n) is 20.7. The van der Waals surface area contributed by atoms with E-state index in [1.807, 2.05) is 85.8 Å². The lowest BCUT2D eigenvalue weighted by Crippen LogP contribution is -2.22. The Bertz CT molecular complexity index is 1150. The minimum absolute atomic E-state index is 0.216. The molecule has 0 atom stereocenters. The third kappa shape index (κ3) is 7.33. The number of hydrogen-bond donors (Lipinski definition) is 1.